The lowest BCUT2D eigenvalue weighted by Crippen LogP contribution is -2.39. The van der Waals surface area contributed by atoms with Crippen molar-refractivity contribution in [3.63, 3.8) is 0 Å². The van der Waals surface area contributed by atoms with Gasteiger partial charge in [0.15, 0.2) is 0 Å². The maximum Gasteiger partial charge on any atom is 0.253 e. The number of nitrogens with zero attached hydrogens (tertiary/aromatic N) is 3. The molecule has 0 N–H and O–H groups in total. The molecular formula is C18H27N3O2. The van der Waals surface area contributed by atoms with Crippen LogP contribution in [-0.2, 0) is 4.79 Å². The summed E-state index contributed by atoms with van der Waals surface area (Å²) in [5, 5.41) is 0. The molecule has 5 heteroatoms. The fourth-order valence-corrected chi connectivity index (χ4v) is 3.16. The first kappa shape index (κ1) is 17.4. The van der Waals surface area contributed by atoms with Gasteiger partial charge < -0.3 is 9.80 Å². The van der Waals surface area contributed by atoms with Gasteiger partial charge in [0.2, 0.25) is 5.91 Å². The van der Waals surface area contributed by atoms with E-state index in [0.29, 0.717) is 17.9 Å². The first-order valence-corrected chi connectivity index (χ1v) is 8.62. The second kappa shape index (κ2) is 8.65. The summed E-state index contributed by atoms with van der Waals surface area (Å²) in [5.41, 5.74) is 0.704. The minimum Gasteiger partial charge on any atom is -0.343 e. The van der Waals surface area contributed by atoms with Crippen LogP contribution in [0.15, 0.2) is 24.5 Å². The Morgan fingerprint density at radius 3 is 2.35 bits per heavy atom. The van der Waals surface area contributed by atoms with Gasteiger partial charge in [0.1, 0.15) is 0 Å². The van der Waals surface area contributed by atoms with Crippen LogP contribution in [0.4, 0.5) is 0 Å². The molecule has 2 heterocycles. The molecule has 126 valence electrons. The van der Waals surface area contributed by atoms with Crippen molar-refractivity contribution in [3.8, 4) is 0 Å². The summed E-state index contributed by atoms with van der Waals surface area (Å²) in [6.45, 7) is 7.17. The zero-order valence-corrected chi connectivity index (χ0v) is 14.2. The molecule has 0 aliphatic carbocycles. The number of hydrogen-bond acceptors (Lipinski definition) is 3. The van der Waals surface area contributed by atoms with Gasteiger partial charge in [-0.2, -0.15) is 0 Å². The zero-order valence-electron chi connectivity index (χ0n) is 14.2. The molecule has 0 bridgehead atoms. The lowest BCUT2D eigenvalue weighted by molar-refractivity contribution is -0.131. The summed E-state index contributed by atoms with van der Waals surface area (Å²) in [5.74, 6) is 0.895. The zero-order chi connectivity index (χ0) is 16.7. The standard InChI is InChI=1S/C18H27N3O2/c1-3-20(4-2)17(22)6-5-15-9-13-21(14-10-15)18(23)16-7-11-19-12-8-16/h7-8,11-12,15H,3-6,9-10,13-14H2,1-2H3. The van der Waals surface area contributed by atoms with Gasteiger partial charge in [-0.05, 0) is 51.2 Å². The van der Waals surface area contributed by atoms with Crippen LogP contribution >= 0.6 is 0 Å². The van der Waals surface area contributed by atoms with Gasteiger partial charge in [0.25, 0.3) is 5.91 Å². The predicted molar refractivity (Wildman–Crippen MR) is 90.0 cm³/mol. The smallest absolute Gasteiger partial charge is 0.253 e. The van der Waals surface area contributed by atoms with Gasteiger partial charge in [0, 0.05) is 50.6 Å². The monoisotopic (exact) mass is 317 g/mol. The molecule has 2 rings (SSSR count). The van der Waals surface area contributed by atoms with E-state index in [1.807, 2.05) is 23.6 Å². The first-order chi connectivity index (χ1) is 11.2. The van der Waals surface area contributed by atoms with Crippen molar-refractivity contribution in [2.75, 3.05) is 26.2 Å². The molecular weight excluding hydrogens is 290 g/mol. The average molecular weight is 317 g/mol. The molecule has 1 aromatic heterocycles. The van der Waals surface area contributed by atoms with Crippen LogP contribution < -0.4 is 0 Å². The number of amides is 2. The van der Waals surface area contributed by atoms with E-state index in [9.17, 15) is 9.59 Å². The highest BCUT2D eigenvalue weighted by Crippen LogP contribution is 2.23. The van der Waals surface area contributed by atoms with Crippen molar-refractivity contribution >= 4 is 11.8 Å². The molecule has 0 aromatic carbocycles. The van der Waals surface area contributed by atoms with Crippen LogP contribution in [0.5, 0.6) is 0 Å². The molecule has 1 aliphatic heterocycles. The molecule has 1 aliphatic rings. The van der Waals surface area contributed by atoms with Crippen molar-refractivity contribution < 1.29 is 9.59 Å². The summed E-state index contributed by atoms with van der Waals surface area (Å²) in [4.78, 5) is 32.2. The third-order valence-electron chi connectivity index (χ3n) is 4.71. The Morgan fingerprint density at radius 1 is 1.17 bits per heavy atom. The van der Waals surface area contributed by atoms with Crippen molar-refractivity contribution in [2.24, 2.45) is 5.92 Å². The van der Waals surface area contributed by atoms with Crippen molar-refractivity contribution in [3.05, 3.63) is 30.1 Å². The van der Waals surface area contributed by atoms with Crippen LogP contribution in [0.3, 0.4) is 0 Å². The van der Waals surface area contributed by atoms with Gasteiger partial charge in [-0.3, -0.25) is 14.6 Å². The van der Waals surface area contributed by atoms with E-state index in [1.165, 1.54) is 0 Å². The van der Waals surface area contributed by atoms with Crippen molar-refractivity contribution in [1.82, 2.24) is 14.8 Å². The molecule has 0 saturated carbocycles. The van der Waals surface area contributed by atoms with Crippen LogP contribution in [-0.4, -0.2) is 52.8 Å². The van der Waals surface area contributed by atoms with E-state index < -0.39 is 0 Å². The number of likely N-dealkylation sites (tertiary alicyclic amines) is 1. The minimum atomic E-state index is 0.0880. The quantitative estimate of drug-likeness (QED) is 0.810. The maximum absolute atomic E-state index is 12.4. The fraction of sp³-hybridized carbons (Fsp3) is 0.611. The third kappa shape index (κ3) is 4.78. The molecule has 2 amide bonds. The molecule has 1 aromatic rings. The van der Waals surface area contributed by atoms with E-state index in [4.69, 9.17) is 0 Å². The normalized spacial score (nSPS) is 15.5. The maximum atomic E-state index is 12.4. The molecule has 1 saturated heterocycles. The fourth-order valence-electron chi connectivity index (χ4n) is 3.16. The van der Waals surface area contributed by atoms with E-state index >= 15 is 0 Å². The lowest BCUT2D eigenvalue weighted by Gasteiger charge is -2.32. The number of carbonyl (C=O) groups is 2. The van der Waals surface area contributed by atoms with Gasteiger partial charge in [-0.25, -0.2) is 0 Å². The Kier molecular flexibility index (Phi) is 6.56. The Labute approximate surface area is 138 Å². The van der Waals surface area contributed by atoms with Crippen LogP contribution in [0.2, 0.25) is 0 Å². The number of pyridine rings is 1. The number of aromatic nitrogens is 1. The Morgan fingerprint density at radius 2 is 1.78 bits per heavy atom. The van der Waals surface area contributed by atoms with Crippen LogP contribution in [0.25, 0.3) is 0 Å². The van der Waals surface area contributed by atoms with E-state index in [0.717, 1.165) is 45.4 Å². The summed E-state index contributed by atoms with van der Waals surface area (Å²) in [7, 11) is 0. The van der Waals surface area contributed by atoms with Crippen molar-refractivity contribution in [2.45, 2.75) is 39.5 Å². The number of hydrogen-bond donors (Lipinski definition) is 0. The van der Waals surface area contributed by atoms with Gasteiger partial charge in [-0.1, -0.05) is 0 Å². The topological polar surface area (TPSA) is 53.5 Å². The number of carbonyl (C=O) groups excluding carboxylic acids is 2. The van der Waals surface area contributed by atoms with Gasteiger partial charge in [-0.15, -0.1) is 0 Å². The molecule has 1 fully saturated rings. The highest BCUT2D eigenvalue weighted by Gasteiger charge is 2.24. The molecule has 0 unspecified atom stereocenters. The summed E-state index contributed by atoms with van der Waals surface area (Å²) >= 11 is 0. The van der Waals surface area contributed by atoms with E-state index in [-0.39, 0.29) is 11.8 Å². The molecule has 0 atom stereocenters. The largest absolute Gasteiger partial charge is 0.343 e. The Hall–Kier alpha value is -1.91. The third-order valence-corrected chi connectivity index (χ3v) is 4.71. The summed E-state index contributed by atoms with van der Waals surface area (Å²) in [6.07, 6.45) is 6.85. The highest BCUT2D eigenvalue weighted by molar-refractivity contribution is 5.94. The van der Waals surface area contributed by atoms with Gasteiger partial charge in [0.05, 0.1) is 0 Å². The lowest BCUT2D eigenvalue weighted by atomic mass is 9.91. The molecule has 0 radical (unpaired) electrons. The van der Waals surface area contributed by atoms with E-state index in [2.05, 4.69) is 4.98 Å². The minimum absolute atomic E-state index is 0.0880. The number of rotatable bonds is 6. The SMILES string of the molecule is CCN(CC)C(=O)CCC1CCN(C(=O)c2ccncc2)CC1. The average Bonchev–Trinajstić information content (AvgIpc) is 2.61. The second-order valence-electron chi connectivity index (χ2n) is 6.08. The summed E-state index contributed by atoms with van der Waals surface area (Å²) in [6, 6.07) is 3.52. The predicted octanol–water partition coefficient (Wildman–Crippen LogP) is 2.58. The Balaban J connectivity index is 1.76. The Bertz CT molecular complexity index is 506. The van der Waals surface area contributed by atoms with E-state index in [1.54, 1.807) is 24.5 Å². The molecule has 0 spiro atoms. The van der Waals surface area contributed by atoms with Gasteiger partial charge >= 0.3 is 0 Å². The molecule has 23 heavy (non-hydrogen) atoms. The van der Waals surface area contributed by atoms with Crippen molar-refractivity contribution in [1.29, 1.82) is 0 Å². The van der Waals surface area contributed by atoms with Crippen LogP contribution in [0.1, 0.15) is 49.9 Å². The second-order valence-corrected chi connectivity index (χ2v) is 6.08. The summed E-state index contributed by atoms with van der Waals surface area (Å²) < 4.78 is 0. The highest BCUT2D eigenvalue weighted by atomic mass is 16.2. The molecule has 5 nitrogen and oxygen atoms in total. The number of piperidine rings is 1. The first-order valence-electron chi connectivity index (χ1n) is 8.62. The van der Waals surface area contributed by atoms with Crippen LogP contribution in [0, 0.1) is 5.92 Å².